The summed E-state index contributed by atoms with van der Waals surface area (Å²) in [7, 11) is 0. The van der Waals surface area contributed by atoms with Gasteiger partial charge in [0.15, 0.2) is 0 Å². The van der Waals surface area contributed by atoms with Gasteiger partial charge in [0.1, 0.15) is 12.4 Å². The summed E-state index contributed by atoms with van der Waals surface area (Å²) in [6, 6.07) is 1.59. The van der Waals surface area contributed by atoms with Crippen molar-refractivity contribution in [3.8, 4) is 0 Å². The van der Waals surface area contributed by atoms with Gasteiger partial charge in [0, 0.05) is 0 Å². The molecule has 0 radical (unpaired) electrons. The number of carboxylic acid groups (broad SMARTS) is 1. The summed E-state index contributed by atoms with van der Waals surface area (Å²) in [6.07, 6.45) is 0. The fourth-order valence-electron chi connectivity index (χ4n) is 1.44. The van der Waals surface area contributed by atoms with Crippen LogP contribution in [0.4, 0.5) is 5.69 Å². The van der Waals surface area contributed by atoms with E-state index in [4.69, 9.17) is 16.2 Å². The van der Waals surface area contributed by atoms with Crippen molar-refractivity contribution in [2.24, 2.45) is 5.73 Å². The summed E-state index contributed by atoms with van der Waals surface area (Å²) in [5, 5.41) is 16.1. The summed E-state index contributed by atoms with van der Waals surface area (Å²) in [4.78, 5) is 24.1. The number of amides is 1. The van der Waals surface area contributed by atoms with Crippen LogP contribution in [-0.4, -0.2) is 35.1 Å². The smallest absolute Gasteiger partial charge is 0.323 e. The lowest BCUT2D eigenvalue weighted by molar-refractivity contribution is -0.136. The zero-order valence-corrected chi connectivity index (χ0v) is 11.5. The maximum absolute atomic E-state index is 11.6. The summed E-state index contributed by atoms with van der Waals surface area (Å²) in [5.41, 5.74) is 5.92. The molecule has 18 heavy (non-hydrogen) atoms. The Hall–Kier alpha value is -1.25. The van der Waals surface area contributed by atoms with E-state index in [1.54, 1.807) is 6.07 Å². The number of carbonyl (C=O) groups excluding carboxylic acids is 1. The van der Waals surface area contributed by atoms with Crippen molar-refractivity contribution in [2.75, 3.05) is 17.2 Å². The molecule has 0 aromatic carbocycles. The van der Waals surface area contributed by atoms with E-state index in [2.05, 4.69) is 0 Å². The Bertz CT molecular complexity index is 517. The van der Waals surface area contributed by atoms with Crippen molar-refractivity contribution in [2.45, 2.75) is 4.21 Å². The minimum atomic E-state index is -1.06. The predicted octanol–water partition coefficient (Wildman–Crippen LogP) is 0.977. The van der Waals surface area contributed by atoms with Crippen molar-refractivity contribution >= 4 is 58.9 Å². The van der Waals surface area contributed by atoms with Crippen molar-refractivity contribution in [1.82, 2.24) is 0 Å². The van der Waals surface area contributed by atoms with Crippen LogP contribution in [0.25, 0.3) is 0 Å². The number of anilines is 1. The highest BCUT2D eigenvalue weighted by Crippen LogP contribution is 2.41. The number of carbonyl (C=O) groups is 2. The number of nitrogen functional groups attached to an aromatic ring is 1. The molecule has 2 heterocycles. The van der Waals surface area contributed by atoms with E-state index in [9.17, 15) is 9.59 Å². The molecular formula is C9H10ClN3O3S2. The number of carboxylic acids is 1. The molecule has 0 bridgehead atoms. The Morgan fingerprint density at radius 1 is 1.61 bits per heavy atom. The van der Waals surface area contributed by atoms with E-state index in [0.29, 0.717) is 10.6 Å². The second kappa shape index (κ2) is 5.59. The van der Waals surface area contributed by atoms with Crippen molar-refractivity contribution < 1.29 is 14.7 Å². The van der Waals surface area contributed by atoms with Crippen LogP contribution in [0.5, 0.6) is 0 Å². The molecule has 0 unspecified atom stereocenters. The highest BCUT2D eigenvalue weighted by Gasteiger charge is 2.29. The van der Waals surface area contributed by atoms with Crippen molar-refractivity contribution in [3.63, 3.8) is 0 Å². The van der Waals surface area contributed by atoms with Crippen molar-refractivity contribution in [1.29, 1.82) is 5.41 Å². The number of nitrogens with zero attached hydrogens (tertiary/aromatic N) is 1. The van der Waals surface area contributed by atoms with Gasteiger partial charge in [-0.1, -0.05) is 0 Å². The third-order valence-corrected chi connectivity index (χ3v) is 4.58. The molecular weight excluding hydrogens is 298 g/mol. The molecule has 0 saturated heterocycles. The Kier molecular flexibility index (Phi) is 4.60. The van der Waals surface area contributed by atoms with Crippen LogP contribution < -0.4 is 10.6 Å². The molecule has 1 aliphatic heterocycles. The SMILES string of the molecule is Cl.N=C(N)c1cc2c(s1)SCC(=O)N2CC(=O)O. The molecule has 1 aromatic rings. The van der Waals surface area contributed by atoms with Gasteiger partial charge in [-0.05, 0) is 6.07 Å². The molecule has 1 aromatic heterocycles. The highest BCUT2D eigenvalue weighted by molar-refractivity contribution is 8.02. The van der Waals surface area contributed by atoms with E-state index in [0.717, 1.165) is 4.21 Å². The lowest BCUT2D eigenvalue weighted by Crippen LogP contribution is -2.38. The first kappa shape index (κ1) is 14.8. The van der Waals surface area contributed by atoms with Gasteiger partial charge < -0.3 is 10.8 Å². The van der Waals surface area contributed by atoms with E-state index in [1.807, 2.05) is 0 Å². The number of fused-ring (bicyclic) bond motifs is 1. The maximum atomic E-state index is 11.6. The van der Waals surface area contributed by atoms with Gasteiger partial charge in [0.05, 0.1) is 20.5 Å². The molecule has 9 heteroatoms. The molecule has 0 atom stereocenters. The Balaban J connectivity index is 0.00000162. The number of hydrogen-bond acceptors (Lipinski definition) is 5. The first-order valence-corrected chi connectivity index (χ1v) is 6.42. The van der Waals surface area contributed by atoms with E-state index >= 15 is 0 Å². The number of thiophene rings is 1. The Morgan fingerprint density at radius 3 is 2.83 bits per heavy atom. The molecule has 6 nitrogen and oxygen atoms in total. The average molecular weight is 308 g/mol. The first-order valence-electron chi connectivity index (χ1n) is 4.62. The lowest BCUT2D eigenvalue weighted by Gasteiger charge is -2.24. The quantitative estimate of drug-likeness (QED) is 0.570. The zero-order valence-electron chi connectivity index (χ0n) is 9.00. The summed E-state index contributed by atoms with van der Waals surface area (Å²) < 4.78 is 0.830. The molecule has 2 rings (SSSR count). The van der Waals surface area contributed by atoms with E-state index in [1.165, 1.54) is 28.0 Å². The van der Waals surface area contributed by atoms with Crippen molar-refractivity contribution in [3.05, 3.63) is 10.9 Å². The van der Waals surface area contributed by atoms with E-state index in [-0.39, 0.29) is 36.4 Å². The van der Waals surface area contributed by atoms with Gasteiger partial charge in [0.25, 0.3) is 0 Å². The third kappa shape index (κ3) is 2.77. The molecule has 0 aliphatic carbocycles. The molecule has 1 aliphatic rings. The summed E-state index contributed by atoms with van der Waals surface area (Å²) in [6.45, 7) is -0.361. The predicted molar refractivity (Wildman–Crippen MR) is 73.3 cm³/mol. The lowest BCUT2D eigenvalue weighted by atomic mass is 10.3. The van der Waals surface area contributed by atoms with Gasteiger partial charge in [-0.25, -0.2) is 0 Å². The third-order valence-electron chi connectivity index (χ3n) is 2.16. The number of amidine groups is 1. The fourth-order valence-corrected chi connectivity index (χ4v) is 3.60. The fraction of sp³-hybridized carbons (Fsp3) is 0.222. The molecule has 0 spiro atoms. The van der Waals surface area contributed by atoms with Gasteiger partial charge in [0.2, 0.25) is 5.91 Å². The second-order valence-electron chi connectivity index (χ2n) is 3.36. The minimum absolute atomic E-state index is 0. The average Bonchev–Trinajstić information content (AvgIpc) is 2.66. The number of halogens is 1. The van der Waals surface area contributed by atoms with Crippen LogP contribution in [0, 0.1) is 5.41 Å². The maximum Gasteiger partial charge on any atom is 0.323 e. The highest BCUT2D eigenvalue weighted by atomic mass is 35.5. The molecule has 4 N–H and O–H groups in total. The number of hydrogen-bond donors (Lipinski definition) is 3. The number of nitrogens with two attached hydrogens (primary N) is 1. The van der Waals surface area contributed by atoms with E-state index < -0.39 is 5.97 Å². The summed E-state index contributed by atoms with van der Waals surface area (Å²) >= 11 is 2.65. The Morgan fingerprint density at radius 2 is 2.28 bits per heavy atom. The van der Waals surface area contributed by atoms with Crippen LogP contribution in [0.1, 0.15) is 4.88 Å². The monoisotopic (exact) mass is 307 g/mol. The van der Waals surface area contributed by atoms with Gasteiger partial charge in [-0.15, -0.1) is 35.5 Å². The molecule has 0 saturated carbocycles. The first-order chi connectivity index (χ1) is 7.99. The zero-order chi connectivity index (χ0) is 12.6. The largest absolute Gasteiger partial charge is 0.480 e. The summed E-state index contributed by atoms with van der Waals surface area (Å²) in [5.74, 6) is -1.16. The second-order valence-corrected chi connectivity index (χ2v) is 5.66. The topological polar surface area (TPSA) is 107 Å². The van der Waals surface area contributed by atoms with Crippen LogP contribution in [0.3, 0.4) is 0 Å². The van der Waals surface area contributed by atoms with Crippen LogP contribution >= 0.6 is 35.5 Å². The number of rotatable bonds is 3. The van der Waals surface area contributed by atoms with Gasteiger partial charge >= 0.3 is 5.97 Å². The van der Waals surface area contributed by atoms with Crippen LogP contribution in [0.2, 0.25) is 0 Å². The van der Waals surface area contributed by atoms with Gasteiger partial charge in [-0.2, -0.15) is 0 Å². The van der Waals surface area contributed by atoms with Crippen LogP contribution in [-0.2, 0) is 9.59 Å². The standard InChI is InChI=1S/C9H9N3O3S2.ClH/c10-8(11)5-1-4-9(17-5)16-3-6(13)12(4)2-7(14)15;/h1H,2-3H2,(H3,10,11)(H,14,15);1H. The minimum Gasteiger partial charge on any atom is -0.480 e. The normalized spacial score (nSPS) is 13.8. The number of thioether (sulfide) groups is 1. The molecule has 98 valence electrons. The van der Waals surface area contributed by atoms with Crippen LogP contribution in [0.15, 0.2) is 10.3 Å². The molecule has 0 fully saturated rings. The van der Waals surface area contributed by atoms with Gasteiger partial charge in [-0.3, -0.25) is 19.9 Å². The number of aliphatic carboxylic acids is 1. The molecule has 1 amide bonds. The Labute approximate surface area is 117 Å². The number of nitrogens with one attached hydrogen (secondary N) is 1.